The maximum Gasteiger partial charge on any atom is 0.261 e. The molecule has 0 aromatic heterocycles. The van der Waals surface area contributed by atoms with Gasteiger partial charge in [0.2, 0.25) is 5.91 Å². The van der Waals surface area contributed by atoms with Gasteiger partial charge < -0.3 is 15.0 Å². The summed E-state index contributed by atoms with van der Waals surface area (Å²) in [5.74, 6) is 0.0370. The van der Waals surface area contributed by atoms with Crippen molar-refractivity contribution in [2.24, 2.45) is 0 Å². The molecule has 2 rings (SSSR count). The van der Waals surface area contributed by atoms with Gasteiger partial charge in [-0.1, -0.05) is 52.1 Å². The summed E-state index contributed by atoms with van der Waals surface area (Å²) in [7, 11) is 0. The highest BCUT2D eigenvalue weighted by Gasteiger charge is 2.27. The van der Waals surface area contributed by atoms with E-state index in [9.17, 15) is 9.59 Å². The van der Waals surface area contributed by atoms with Gasteiger partial charge in [0.25, 0.3) is 5.91 Å². The van der Waals surface area contributed by atoms with Crippen molar-refractivity contribution in [3.8, 4) is 5.75 Å². The molecule has 0 radical (unpaired) electrons. The Kier molecular flexibility index (Phi) is 9.46. The third-order valence-corrected chi connectivity index (χ3v) is 5.95. The number of hydrogen-bond donors (Lipinski definition) is 1. The largest absolute Gasteiger partial charge is 0.484 e. The van der Waals surface area contributed by atoms with Crippen molar-refractivity contribution in [3.05, 3.63) is 62.5 Å². The number of halogens is 3. The minimum absolute atomic E-state index is 0.0147. The molecule has 2 aromatic rings. The SMILES string of the molecule is CC[C@H](C)NC(=O)[C@@H](C)N(Cc1ccc(Cl)c(Cl)c1)C(=O)COc1ccc(Br)cc1. The molecule has 0 aliphatic heterocycles. The summed E-state index contributed by atoms with van der Waals surface area (Å²) in [6.45, 7) is 5.62. The van der Waals surface area contributed by atoms with E-state index in [4.69, 9.17) is 27.9 Å². The minimum Gasteiger partial charge on any atom is -0.484 e. The van der Waals surface area contributed by atoms with Crippen molar-refractivity contribution in [3.63, 3.8) is 0 Å². The molecular weight excluding hydrogens is 491 g/mol. The first-order chi connectivity index (χ1) is 14.2. The first-order valence-corrected chi connectivity index (χ1v) is 11.2. The van der Waals surface area contributed by atoms with Crippen LogP contribution in [-0.4, -0.2) is 35.4 Å². The second-order valence-electron chi connectivity index (χ2n) is 7.01. The molecule has 162 valence electrons. The second-order valence-corrected chi connectivity index (χ2v) is 8.74. The van der Waals surface area contributed by atoms with Crippen LogP contribution in [0.15, 0.2) is 46.9 Å². The molecular formula is C22H25BrCl2N2O3. The molecule has 2 aromatic carbocycles. The van der Waals surface area contributed by atoms with Crippen LogP contribution in [0.3, 0.4) is 0 Å². The number of hydrogen-bond acceptors (Lipinski definition) is 3. The summed E-state index contributed by atoms with van der Waals surface area (Å²) in [5, 5.41) is 3.75. The molecule has 2 amide bonds. The standard InChI is InChI=1S/C22H25BrCl2N2O3/c1-4-14(2)26-22(29)15(3)27(12-16-5-10-19(24)20(25)11-16)21(28)13-30-18-8-6-17(23)7-9-18/h5-11,14-15H,4,12-13H2,1-3H3,(H,26,29)/t14-,15+/m0/s1. The topological polar surface area (TPSA) is 58.6 Å². The van der Waals surface area contributed by atoms with Gasteiger partial charge in [-0.05, 0) is 62.2 Å². The number of rotatable bonds is 9. The monoisotopic (exact) mass is 514 g/mol. The van der Waals surface area contributed by atoms with Gasteiger partial charge >= 0.3 is 0 Å². The lowest BCUT2D eigenvalue weighted by Crippen LogP contribution is -2.50. The Balaban J connectivity index is 2.17. The average molecular weight is 516 g/mol. The van der Waals surface area contributed by atoms with Gasteiger partial charge in [0.05, 0.1) is 10.0 Å². The normalized spacial score (nSPS) is 12.7. The molecule has 0 aliphatic rings. The Morgan fingerprint density at radius 1 is 1.10 bits per heavy atom. The lowest BCUT2D eigenvalue weighted by atomic mass is 10.1. The van der Waals surface area contributed by atoms with E-state index in [0.29, 0.717) is 15.8 Å². The molecule has 0 heterocycles. The number of carbonyl (C=O) groups is 2. The lowest BCUT2D eigenvalue weighted by molar-refractivity contribution is -0.142. The molecule has 0 bridgehead atoms. The zero-order valence-corrected chi connectivity index (χ0v) is 20.2. The molecule has 0 aliphatic carbocycles. The number of nitrogens with one attached hydrogen (secondary N) is 1. The van der Waals surface area contributed by atoms with E-state index < -0.39 is 6.04 Å². The third kappa shape index (κ3) is 7.18. The van der Waals surface area contributed by atoms with Gasteiger partial charge in [-0.15, -0.1) is 0 Å². The van der Waals surface area contributed by atoms with Crippen molar-refractivity contribution in [2.75, 3.05) is 6.61 Å². The predicted octanol–water partition coefficient (Wildman–Crippen LogP) is 5.47. The van der Waals surface area contributed by atoms with Gasteiger partial charge in [-0.2, -0.15) is 0 Å². The quantitative estimate of drug-likeness (QED) is 0.482. The predicted molar refractivity (Wildman–Crippen MR) is 124 cm³/mol. The molecule has 8 heteroatoms. The van der Waals surface area contributed by atoms with Crippen LogP contribution in [0.25, 0.3) is 0 Å². The summed E-state index contributed by atoms with van der Waals surface area (Å²) >= 11 is 15.5. The van der Waals surface area contributed by atoms with Gasteiger partial charge in [0.15, 0.2) is 6.61 Å². The van der Waals surface area contributed by atoms with Crippen LogP contribution < -0.4 is 10.1 Å². The minimum atomic E-state index is -0.686. The van der Waals surface area contributed by atoms with Crippen LogP contribution in [-0.2, 0) is 16.1 Å². The van der Waals surface area contributed by atoms with Crippen LogP contribution in [0.5, 0.6) is 5.75 Å². The fraction of sp³-hybridized carbons (Fsp3) is 0.364. The van der Waals surface area contributed by atoms with Gasteiger partial charge in [-0.3, -0.25) is 9.59 Å². The lowest BCUT2D eigenvalue weighted by Gasteiger charge is -2.29. The first kappa shape index (κ1) is 24.5. The average Bonchev–Trinajstić information content (AvgIpc) is 2.73. The molecule has 0 fully saturated rings. The molecule has 1 N–H and O–H groups in total. The third-order valence-electron chi connectivity index (χ3n) is 4.68. The number of benzene rings is 2. The summed E-state index contributed by atoms with van der Waals surface area (Å²) in [6, 6.07) is 11.7. The van der Waals surface area contributed by atoms with Crippen LogP contribution >= 0.6 is 39.1 Å². The van der Waals surface area contributed by atoms with E-state index in [-0.39, 0.29) is 31.0 Å². The Morgan fingerprint density at radius 2 is 1.77 bits per heavy atom. The smallest absolute Gasteiger partial charge is 0.261 e. The Bertz CT molecular complexity index is 877. The molecule has 2 atom stereocenters. The molecule has 0 spiro atoms. The Labute approximate surface area is 195 Å². The number of ether oxygens (including phenoxy) is 1. The maximum absolute atomic E-state index is 13.0. The molecule has 0 saturated carbocycles. The van der Waals surface area contributed by atoms with Crippen molar-refractivity contribution in [1.82, 2.24) is 10.2 Å². The van der Waals surface area contributed by atoms with Gasteiger partial charge in [-0.25, -0.2) is 0 Å². The molecule has 0 saturated heterocycles. The fourth-order valence-corrected chi connectivity index (χ4v) is 3.23. The van der Waals surface area contributed by atoms with Gasteiger partial charge in [0, 0.05) is 17.1 Å². The zero-order chi connectivity index (χ0) is 22.3. The van der Waals surface area contributed by atoms with Crippen LogP contribution in [0.4, 0.5) is 0 Å². The summed E-state index contributed by atoms with van der Waals surface area (Å²) < 4.78 is 6.54. The second kappa shape index (κ2) is 11.6. The van der Waals surface area contributed by atoms with Crippen molar-refractivity contribution in [2.45, 2.75) is 45.8 Å². The number of nitrogens with zero attached hydrogens (tertiary/aromatic N) is 1. The van der Waals surface area contributed by atoms with E-state index in [1.807, 2.05) is 26.0 Å². The summed E-state index contributed by atoms with van der Waals surface area (Å²) in [5.41, 5.74) is 0.768. The fourth-order valence-electron chi connectivity index (χ4n) is 2.64. The summed E-state index contributed by atoms with van der Waals surface area (Å²) in [4.78, 5) is 27.2. The first-order valence-electron chi connectivity index (χ1n) is 9.63. The van der Waals surface area contributed by atoms with Crippen molar-refractivity contribution < 1.29 is 14.3 Å². The van der Waals surface area contributed by atoms with E-state index in [0.717, 1.165) is 16.5 Å². The van der Waals surface area contributed by atoms with Crippen LogP contribution in [0.1, 0.15) is 32.8 Å². The van der Waals surface area contributed by atoms with E-state index in [2.05, 4.69) is 21.2 Å². The highest BCUT2D eigenvalue weighted by atomic mass is 79.9. The van der Waals surface area contributed by atoms with Crippen molar-refractivity contribution in [1.29, 1.82) is 0 Å². The Morgan fingerprint density at radius 3 is 2.37 bits per heavy atom. The molecule has 30 heavy (non-hydrogen) atoms. The molecule has 0 unspecified atom stereocenters. The highest BCUT2D eigenvalue weighted by Crippen LogP contribution is 2.24. The maximum atomic E-state index is 13.0. The molecule has 5 nitrogen and oxygen atoms in total. The zero-order valence-electron chi connectivity index (χ0n) is 17.1. The van der Waals surface area contributed by atoms with Gasteiger partial charge in [0.1, 0.15) is 11.8 Å². The number of carbonyl (C=O) groups excluding carboxylic acids is 2. The van der Waals surface area contributed by atoms with Crippen LogP contribution in [0.2, 0.25) is 10.0 Å². The number of amides is 2. The van der Waals surface area contributed by atoms with E-state index in [1.54, 1.807) is 37.3 Å². The Hall–Kier alpha value is -1.76. The summed E-state index contributed by atoms with van der Waals surface area (Å²) in [6.07, 6.45) is 0.797. The highest BCUT2D eigenvalue weighted by molar-refractivity contribution is 9.10. The van der Waals surface area contributed by atoms with E-state index in [1.165, 1.54) is 4.90 Å². The van der Waals surface area contributed by atoms with Crippen molar-refractivity contribution >= 4 is 50.9 Å². The van der Waals surface area contributed by atoms with Crippen LogP contribution in [0, 0.1) is 0 Å². The van der Waals surface area contributed by atoms with E-state index >= 15 is 0 Å².